The smallest absolute Gasteiger partial charge is 0.246 e. The van der Waals surface area contributed by atoms with Crippen LogP contribution < -0.4 is 14.2 Å². The number of piperazine rings is 1. The molecule has 2 aromatic heterocycles. The lowest BCUT2D eigenvalue weighted by Gasteiger charge is -2.34. The Labute approximate surface area is 327 Å². The minimum Gasteiger partial charge on any atom is -0.488 e. The van der Waals surface area contributed by atoms with Gasteiger partial charge in [-0.1, -0.05) is 54.1 Å². The number of hydrogen-bond acceptors (Lipinski definition) is 8. The highest BCUT2D eigenvalue weighted by molar-refractivity contribution is 6.32. The molecule has 0 aliphatic carbocycles. The van der Waals surface area contributed by atoms with Gasteiger partial charge in [-0.3, -0.25) is 14.7 Å². The summed E-state index contributed by atoms with van der Waals surface area (Å²) in [5, 5.41) is 9.37. The summed E-state index contributed by atoms with van der Waals surface area (Å²) in [4.78, 5) is 25.9. The van der Waals surface area contributed by atoms with E-state index in [4.69, 9.17) is 31.1 Å². The van der Waals surface area contributed by atoms with Crippen molar-refractivity contribution in [2.24, 2.45) is 0 Å². The molecule has 0 spiro atoms. The average molecular weight is 763 g/mol. The molecule has 0 saturated carbocycles. The van der Waals surface area contributed by atoms with E-state index < -0.39 is 0 Å². The predicted octanol–water partition coefficient (Wildman–Crippen LogP) is 8.86. The fraction of sp³-hybridized carbons (Fsp3) is 0.209. The number of aryl methyl sites for hydroxylation is 2. The van der Waals surface area contributed by atoms with Gasteiger partial charge in [0.15, 0.2) is 5.75 Å². The molecule has 54 heavy (non-hydrogen) atoms. The Balaban J connectivity index is 0.00000561. The van der Waals surface area contributed by atoms with Crippen LogP contribution in [0.25, 0.3) is 12.2 Å². The molecule has 11 heteroatoms. The van der Waals surface area contributed by atoms with Crippen LogP contribution in [0.3, 0.4) is 0 Å². The van der Waals surface area contributed by atoms with Gasteiger partial charge in [-0.2, -0.15) is 5.26 Å². The summed E-state index contributed by atoms with van der Waals surface area (Å²) in [5.41, 5.74) is 6.49. The highest BCUT2D eigenvalue weighted by Crippen LogP contribution is 2.34. The van der Waals surface area contributed by atoms with Crippen LogP contribution in [0.15, 0.2) is 109 Å². The SMILES string of the molecule is Cc1ccc(OC/C=C/c2ccc(CN3CCN(C(=O)/C=C/c4cc(C)c(Oc5ccc(OCc6ccc(C#N)cc6)cn5)c(Cl)c4)CC3)cc2)cn1.Cl. The number of hydrogen-bond donors (Lipinski definition) is 0. The van der Waals surface area contributed by atoms with Gasteiger partial charge in [0, 0.05) is 50.6 Å². The molecule has 1 aliphatic rings. The zero-order chi connectivity index (χ0) is 37.0. The van der Waals surface area contributed by atoms with E-state index in [0.717, 1.165) is 53.3 Å². The Kier molecular flexibility index (Phi) is 14.2. The van der Waals surface area contributed by atoms with Crippen molar-refractivity contribution in [3.63, 3.8) is 0 Å². The number of nitrogens with zero attached hydrogens (tertiary/aromatic N) is 5. The maximum atomic E-state index is 13.0. The fourth-order valence-corrected chi connectivity index (χ4v) is 6.02. The number of amides is 1. The summed E-state index contributed by atoms with van der Waals surface area (Å²) in [7, 11) is 0. The van der Waals surface area contributed by atoms with Crippen LogP contribution >= 0.6 is 24.0 Å². The normalized spacial score (nSPS) is 13.0. The van der Waals surface area contributed by atoms with Crippen molar-refractivity contribution in [3.05, 3.63) is 154 Å². The summed E-state index contributed by atoms with van der Waals surface area (Å²) in [5.74, 6) is 2.19. The first-order valence-electron chi connectivity index (χ1n) is 17.4. The Bertz CT molecular complexity index is 2070. The van der Waals surface area contributed by atoms with E-state index >= 15 is 0 Å². The molecule has 0 N–H and O–H groups in total. The Morgan fingerprint density at radius 1 is 0.833 bits per heavy atom. The molecule has 3 aromatic carbocycles. The van der Waals surface area contributed by atoms with E-state index in [2.05, 4.69) is 51.3 Å². The van der Waals surface area contributed by atoms with Gasteiger partial charge in [-0.15, -0.1) is 12.4 Å². The van der Waals surface area contributed by atoms with Crippen LogP contribution in [0.4, 0.5) is 0 Å². The summed E-state index contributed by atoms with van der Waals surface area (Å²) in [6.45, 7) is 8.47. The topological polar surface area (TPSA) is 101 Å². The van der Waals surface area contributed by atoms with Gasteiger partial charge in [0.05, 0.1) is 29.0 Å². The zero-order valence-corrected chi connectivity index (χ0v) is 31.7. The highest BCUT2D eigenvalue weighted by Gasteiger charge is 2.20. The molecule has 1 fully saturated rings. The van der Waals surface area contributed by atoms with E-state index in [1.807, 2.05) is 55.2 Å². The summed E-state index contributed by atoms with van der Waals surface area (Å²) < 4.78 is 17.5. The van der Waals surface area contributed by atoms with E-state index in [1.165, 1.54) is 5.56 Å². The van der Waals surface area contributed by atoms with Crippen LogP contribution in [0, 0.1) is 25.2 Å². The van der Waals surface area contributed by atoms with Gasteiger partial charge >= 0.3 is 0 Å². The lowest BCUT2D eigenvalue weighted by molar-refractivity contribution is -0.127. The number of aromatic nitrogens is 2. The first kappa shape index (κ1) is 39.5. The van der Waals surface area contributed by atoms with Gasteiger partial charge < -0.3 is 19.1 Å². The fourth-order valence-electron chi connectivity index (χ4n) is 5.70. The molecule has 276 valence electrons. The predicted molar refractivity (Wildman–Crippen MR) is 214 cm³/mol. The van der Waals surface area contributed by atoms with Crippen molar-refractivity contribution >= 4 is 42.1 Å². The van der Waals surface area contributed by atoms with E-state index in [9.17, 15) is 4.79 Å². The summed E-state index contributed by atoms with van der Waals surface area (Å²) >= 11 is 6.62. The Hall–Kier alpha value is -5.66. The summed E-state index contributed by atoms with van der Waals surface area (Å²) in [6.07, 6.45) is 10.8. The maximum Gasteiger partial charge on any atom is 0.246 e. The van der Waals surface area contributed by atoms with Crippen molar-refractivity contribution in [1.29, 1.82) is 5.26 Å². The molecular weight excluding hydrogens is 721 g/mol. The lowest BCUT2D eigenvalue weighted by atomic mass is 10.1. The van der Waals surface area contributed by atoms with Crippen LogP contribution in [0.1, 0.15) is 39.1 Å². The molecule has 1 amide bonds. The van der Waals surface area contributed by atoms with Crippen LogP contribution in [0.5, 0.6) is 23.1 Å². The molecule has 1 saturated heterocycles. The number of pyridine rings is 2. The maximum absolute atomic E-state index is 13.0. The van der Waals surface area contributed by atoms with Crippen molar-refractivity contribution < 1.29 is 19.0 Å². The van der Waals surface area contributed by atoms with Gasteiger partial charge in [-0.05, 0) is 96.3 Å². The molecule has 1 aliphatic heterocycles. The quantitative estimate of drug-likeness (QED) is 0.110. The van der Waals surface area contributed by atoms with Crippen molar-refractivity contribution in [1.82, 2.24) is 19.8 Å². The van der Waals surface area contributed by atoms with Gasteiger partial charge in [0.1, 0.15) is 24.7 Å². The Morgan fingerprint density at radius 2 is 1.54 bits per heavy atom. The van der Waals surface area contributed by atoms with Crippen LogP contribution in [0.2, 0.25) is 5.02 Å². The molecule has 6 rings (SSSR count). The third-order valence-corrected chi connectivity index (χ3v) is 8.97. The molecular formula is C43H41Cl2N5O4. The standard InChI is InChI=1S/C43H40ClN5O4.ClH/c1-31-24-37(25-40(44)43(31)53-41-17-16-39(28-47-41)52-30-36-12-8-34(26-45)9-13-36)14-18-42(50)49-21-19-48(20-22-49)29-35-10-6-33(7-11-35)4-3-23-51-38-15-5-32(2)46-27-38;/h3-18,24-25,27-28H,19-23,29-30H2,1-2H3;1H/b4-3+,18-14+;. The summed E-state index contributed by atoms with van der Waals surface area (Å²) in [6, 6.07) is 28.9. The molecule has 5 aromatic rings. The first-order chi connectivity index (χ1) is 25.8. The second-order valence-electron chi connectivity index (χ2n) is 12.7. The van der Waals surface area contributed by atoms with Crippen LogP contribution in [-0.4, -0.2) is 58.5 Å². The third kappa shape index (κ3) is 11.4. The second-order valence-corrected chi connectivity index (χ2v) is 13.1. The van der Waals surface area contributed by atoms with E-state index in [1.54, 1.807) is 54.9 Å². The van der Waals surface area contributed by atoms with Crippen molar-refractivity contribution in [3.8, 4) is 29.2 Å². The number of benzene rings is 3. The molecule has 3 heterocycles. The third-order valence-electron chi connectivity index (χ3n) is 8.68. The largest absolute Gasteiger partial charge is 0.488 e. The number of ether oxygens (including phenoxy) is 3. The minimum absolute atomic E-state index is 0. The average Bonchev–Trinajstić information content (AvgIpc) is 3.18. The van der Waals surface area contributed by atoms with Gasteiger partial charge in [0.2, 0.25) is 11.8 Å². The van der Waals surface area contributed by atoms with E-state index in [0.29, 0.717) is 54.3 Å². The molecule has 0 unspecified atom stereocenters. The minimum atomic E-state index is -0.0248. The number of rotatable bonds is 13. The van der Waals surface area contributed by atoms with Gasteiger partial charge in [0.25, 0.3) is 0 Å². The zero-order valence-electron chi connectivity index (χ0n) is 30.2. The Morgan fingerprint density at radius 3 is 2.20 bits per heavy atom. The van der Waals surface area contributed by atoms with E-state index in [-0.39, 0.29) is 18.3 Å². The molecule has 0 atom stereocenters. The number of halogens is 2. The van der Waals surface area contributed by atoms with Gasteiger partial charge in [-0.25, -0.2) is 4.98 Å². The lowest BCUT2D eigenvalue weighted by Crippen LogP contribution is -2.47. The van der Waals surface area contributed by atoms with Crippen molar-refractivity contribution in [2.45, 2.75) is 27.0 Å². The van der Waals surface area contributed by atoms with Crippen LogP contribution in [-0.2, 0) is 17.9 Å². The van der Waals surface area contributed by atoms with Crippen molar-refractivity contribution in [2.75, 3.05) is 32.8 Å². The number of nitriles is 1. The highest BCUT2D eigenvalue weighted by atomic mass is 35.5. The molecule has 0 bridgehead atoms. The first-order valence-corrected chi connectivity index (χ1v) is 17.8. The number of carbonyl (C=O) groups excluding carboxylic acids is 1. The monoisotopic (exact) mass is 761 g/mol. The number of carbonyl (C=O) groups is 1. The molecule has 0 radical (unpaired) electrons. The second kappa shape index (κ2) is 19.4. The molecule has 9 nitrogen and oxygen atoms in total.